The molecule has 1 fully saturated rings. The fourth-order valence-electron chi connectivity index (χ4n) is 3.58. The lowest BCUT2D eigenvalue weighted by Gasteiger charge is -2.21. The fourth-order valence-corrected chi connectivity index (χ4v) is 4.63. The Hall–Kier alpha value is -3.57. The predicted molar refractivity (Wildman–Crippen MR) is 129 cm³/mol. The molecule has 4 rings (SSSR count). The molecule has 1 aromatic heterocycles. The summed E-state index contributed by atoms with van der Waals surface area (Å²) in [6.07, 6.45) is 3.43. The minimum Gasteiger partial charge on any atom is -0.508 e. The van der Waals surface area contributed by atoms with Gasteiger partial charge in [0.1, 0.15) is 17.3 Å². The van der Waals surface area contributed by atoms with E-state index in [0.29, 0.717) is 41.0 Å². The smallest absolute Gasteiger partial charge is 0.385 e. The van der Waals surface area contributed by atoms with Crippen LogP contribution < -0.4 is 20.4 Å². The summed E-state index contributed by atoms with van der Waals surface area (Å²) >= 11 is 0. The Morgan fingerprint density at radius 3 is 2.44 bits per heavy atom. The number of phenolic OH excluding ortho intramolecular Hbond substituents is 1. The lowest BCUT2D eigenvalue weighted by molar-refractivity contribution is 0.339. The van der Waals surface area contributed by atoms with Gasteiger partial charge in [-0.25, -0.2) is 4.98 Å². The van der Waals surface area contributed by atoms with Crippen LogP contribution >= 0.6 is 0 Å². The zero-order valence-corrected chi connectivity index (χ0v) is 19.7. The van der Waals surface area contributed by atoms with Gasteiger partial charge in [-0.1, -0.05) is 12.1 Å². The average molecular weight is 486 g/mol. The number of nitrogens with two attached hydrogens (primary N) is 2. The van der Waals surface area contributed by atoms with Crippen molar-refractivity contribution in [3.63, 3.8) is 0 Å². The van der Waals surface area contributed by atoms with E-state index >= 15 is 0 Å². The SMILES string of the molecule is CCOc1cc(Cc2cnc(N)nc2N)cc(OS(=O)(=O)N(C)C2CC2)c1-c1ccc(O)cc1. The van der Waals surface area contributed by atoms with Gasteiger partial charge < -0.3 is 25.5 Å². The molecule has 1 aliphatic carbocycles. The van der Waals surface area contributed by atoms with Crippen LogP contribution in [0.15, 0.2) is 42.6 Å². The molecule has 0 radical (unpaired) electrons. The van der Waals surface area contributed by atoms with Gasteiger partial charge in [-0.05, 0) is 55.2 Å². The zero-order valence-electron chi connectivity index (χ0n) is 18.9. The maximum absolute atomic E-state index is 13.0. The zero-order chi connectivity index (χ0) is 24.5. The molecule has 34 heavy (non-hydrogen) atoms. The number of anilines is 2. The van der Waals surface area contributed by atoms with Gasteiger partial charge in [-0.2, -0.15) is 17.7 Å². The Kier molecular flexibility index (Phi) is 6.49. The summed E-state index contributed by atoms with van der Waals surface area (Å²) in [4.78, 5) is 7.99. The van der Waals surface area contributed by atoms with Crippen LogP contribution in [-0.4, -0.2) is 47.5 Å². The number of hydrogen-bond donors (Lipinski definition) is 3. The molecule has 0 amide bonds. The molecule has 180 valence electrons. The Morgan fingerprint density at radius 2 is 1.82 bits per heavy atom. The molecule has 5 N–H and O–H groups in total. The largest absolute Gasteiger partial charge is 0.508 e. The first-order valence-corrected chi connectivity index (χ1v) is 12.2. The van der Waals surface area contributed by atoms with Crippen LogP contribution in [0.3, 0.4) is 0 Å². The number of phenols is 1. The molecule has 0 saturated heterocycles. The third kappa shape index (κ3) is 5.15. The van der Waals surface area contributed by atoms with E-state index < -0.39 is 10.3 Å². The number of nitrogen functional groups attached to an aromatic ring is 2. The topological polar surface area (TPSA) is 154 Å². The Bertz CT molecular complexity index is 1290. The maximum Gasteiger partial charge on any atom is 0.385 e. The fraction of sp³-hybridized carbons (Fsp3) is 0.304. The average Bonchev–Trinajstić information content (AvgIpc) is 3.61. The lowest BCUT2D eigenvalue weighted by atomic mass is 9.98. The highest BCUT2D eigenvalue weighted by molar-refractivity contribution is 7.84. The highest BCUT2D eigenvalue weighted by Gasteiger charge is 2.36. The second-order valence-corrected chi connectivity index (χ2v) is 9.65. The molecule has 0 unspecified atom stereocenters. The first-order chi connectivity index (χ1) is 16.2. The van der Waals surface area contributed by atoms with Gasteiger partial charge in [-0.15, -0.1) is 0 Å². The number of benzene rings is 2. The van der Waals surface area contributed by atoms with Crippen LogP contribution in [0, 0.1) is 0 Å². The van der Waals surface area contributed by atoms with Crippen LogP contribution in [0.4, 0.5) is 11.8 Å². The molecule has 3 aromatic rings. The molecule has 0 spiro atoms. The minimum absolute atomic E-state index is 0.0663. The highest BCUT2D eigenvalue weighted by atomic mass is 32.2. The standard InChI is InChI=1S/C23H27N5O5S/c1-3-32-19-11-14(10-16-13-26-23(25)27-22(16)24)12-20(21(19)15-4-8-18(29)9-5-15)33-34(30,31)28(2)17-6-7-17/h4-5,8-9,11-13,17,29H,3,6-7,10H2,1-2H3,(H4,24,25,26,27). The van der Waals surface area contributed by atoms with Gasteiger partial charge in [0.2, 0.25) is 5.95 Å². The van der Waals surface area contributed by atoms with Crippen LogP contribution in [0.25, 0.3) is 11.1 Å². The van der Waals surface area contributed by atoms with Gasteiger partial charge in [-0.3, -0.25) is 0 Å². The molecule has 0 atom stereocenters. The number of rotatable bonds is 9. The maximum atomic E-state index is 13.0. The van der Waals surface area contributed by atoms with Crippen molar-refractivity contribution < 1.29 is 22.4 Å². The number of hydrogen-bond acceptors (Lipinski definition) is 9. The normalized spacial score (nSPS) is 13.7. The Morgan fingerprint density at radius 1 is 1.15 bits per heavy atom. The van der Waals surface area contributed by atoms with Crippen molar-refractivity contribution in [2.24, 2.45) is 0 Å². The van der Waals surface area contributed by atoms with Gasteiger partial charge >= 0.3 is 10.3 Å². The first kappa shape index (κ1) is 23.6. The molecular formula is C23H27N5O5S. The second-order valence-electron chi connectivity index (χ2n) is 8.05. The molecule has 11 heteroatoms. The van der Waals surface area contributed by atoms with Crippen molar-refractivity contribution in [3.05, 3.63) is 53.7 Å². The number of nitrogens with zero attached hydrogens (tertiary/aromatic N) is 3. The van der Waals surface area contributed by atoms with Crippen molar-refractivity contribution in [3.8, 4) is 28.4 Å². The molecule has 2 aromatic carbocycles. The summed E-state index contributed by atoms with van der Waals surface area (Å²) in [5.74, 6) is 0.920. The van der Waals surface area contributed by atoms with E-state index in [9.17, 15) is 13.5 Å². The van der Waals surface area contributed by atoms with Crippen molar-refractivity contribution in [2.45, 2.75) is 32.2 Å². The van der Waals surface area contributed by atoms with Crippen LogP contribution in [-0.2, 0) is 16.7 Å². The molecule has 0 aliphatic heterocycles. The van der Waals surface area contributed by atoms with Crippen LogP contribution in [0.5, 0.6) is 17.2 Å². The van der Waals surface area contributed by atoms with E-state index in [0.717, 1.165) is 12.8 Å². The number of ether oxygens (including phenoxy) is 1. The molecular weight excluding hydrogens is 458 g/mol. The molecule has 1 saturated carbocycles. The summed E-state index contributed by atoms with van der Waals surface area (Å²) < 4.78 is 38.8. The van der Waals surface area contributed by atoms with Crippen LogP contribution in [0.1, 0.15) is 30.9 Å². The van der Waals surface area contributed by atoms with Crippen molar-refractivity contribution in [2.75, 3.05) is 25.1 Å². The van der Waals surface area contributed by atoms with Gasteiger partial charge in [0.25, 0.3) is 0 Å². The lowest BCUT2D eigenvalue weighted by Crippen LogP contribution is -2.32. The van der Waals surface area contributed by atoms with Crippen molar-refractivity contribution >= 4 is 22.1 Å². The van der Waals surface area contributed by atoms with E-state index in [1.165, 1.54) is 29.7 Å². The van der Waals surface area contributed by atoms with Crippen LogP contribution in [0.2, 0.25) is 0 Å². The van der Waals surface area contributed by atoms with E-state index in [1.807, 2.05) is 6.92 Å². The monoisotopic (exact) mass is 485 g/mol. The van der Waals surface area contributed by atoms with E-state index in [4.69, 9.17) is 20.4 Å². The minimum atomic E-state index is -4.06. The third-order valence-electron chi connectivity index (χ3n) is 5.50. The molecule has 1 heterocycles. The van der Waals surface area contributed by atoms with E-state index in [2.05, 4.69) is 9.97 Å². The predicted octanol–water partition coefficient (Wildman–Crippen LogP) is 2.72. The third-order valence-corrected chi connectivity index (χ3v) is 6.90. The van der Waals surface area contributed by atoms with Gasteiger partial charge in [0.15, 0.2) is 5.75 Å². The first-order valence-electron chi connectivity index (χ1n) is 10.8. The van der Waals surface area contributed by atoms with E-state index in [1.54, 1.807) is 24.3 Å². The summed E-state index contributed by atoms with van der Waals surface area (Å²) in [7, 11) is -2.55. The van der Waals surface area contributed by atoms with Gasteiger partial charge in [0.05, 0.1) is 12.2 Å². The number of aromatic nitrogens is 2. The summed E-state index contributed by atoms with van der Waals surface area (Å²) in [5.41, 5.74) is 14.0. The Balaban J connectivity index is 1.83. The second kappa shape index (κ2) is 9.35. The summed E-state index contributed by atoms with van der Waals surface area (Å²) in [6.45, 7) is 2.17. The van der Waals surface area contributed by atoms with Crippen molar-refractivity contribution in [1.29, 1.82) is 0 Å². The van der Waals surface area contributed by atoms with Crippen molar-refractivity contribution in [1.82, 2.24) is 14.3 Å². The molecule has 0 bridgehead atoms. The molecule has 1 aliphatic rings. The summed E-state index contributed by atoms with van der Waals surface area (Å²) in [6, 6.07) is 9.74. The van der Waals surface area contributed by atoms with E-state index in [-0.39, 0.29) is 29.3 Å². The Labute approximate surface area is 198 Å². The molecule has 10 nitrogen and oxygen atoms in total. The van der Waals surface area contributed by atoms with Gasteiger partial charge in [0, 0.05) is 31.3 Å². The number of aromatic hydroxyl groups is 1. The quantitative estimate of drug-likeness (QED) is 0.415. The summed E-state index contributed by atoms with van der Waals surface area (Å²) in [5, 5.41) is 9.73. The highest BCUT2D eigenvalue weighted by Crippen LogP contribution is 2.42.